The highest BCUT2D eigenvalue weighted by Crippen LogP contribution is 2.35. The minimum atomic E-state index is -0.497. The Morgan fingerprint density at radius 3 is 2.07 bits per heavy atom. The number of hydrogen-bond acceptors (Lipinski definition) is 4. The Hall–Kier alpha value is -2.96. The number of nitrogens with zero attached hydrogens (tertiary/aromatic N) is 2. The highest BCUT2D eigenvalue weighted by Gasteiger charge is 2.48. The molecule has 28 heavy (non-hydrogen) atoms. The summed E-state index contributed by atoms with van der Waals surface area (Å²) in [5.74, 6) is -1.80. The van der Waals surface area contributed by atoms with Gasteiger partial charge in [-0.25, -0.2) is 0 Å². The highest BCUT2D eigenvalue weighted by molar-refractivity contribution is 6.07. The molecule has 146 valence electrons. The standard InChI is InChI=1S/C21H23N3O4/c22-19(26)14-7-5-13(6-8-14)11-23(15-9-10-15)18(25)12-24-20(27)16-3-1-2-4-17(16)21(24)28/h1-2,5-8,15-17H,3-4,9-12H2,(H2,22,26). The van der Waals surface area contributed by atoms with Crippen molar-refractivity contribution >= 4 is 23.6 Å². The van der Waals surface area contributed by atoms with Crippen LogP contribution in [0.4, 0.5) is 0 Å². The van der Waals surface area contributed by atoms with Crippen LogP contribution in [0.2, 0.25) is 0 Å². The van der Waals surface area contributed by atoms with Crippen molar-refractivity contribution in [3.8, 4) is 0 Å². The zero-order chi connectivity index (χ0) is 19.8. The van der Waals surface area contributed by atoms with Crippen LogP contribution >= 0.6 is 0 Å². The van der Waals surface area contributed by atoms with Gasteiger partial charge in [-0.2, -0.15) is 0 Å². The molecule has 2 aliphatic carbocycles. The zero-order valence-corrected chi connectivity index (χ0v) is 15.5. The van der Waals surface area contributed by atoms with E-state index in [1.165, 1.54) is 0 Å². The Balaban J connectivity index is 1.45. The molecule has 2 fully saturated rings. The fraction of sp³-hybridized carbons (Fsp3) is 0.429. The second-order valence-electron chi connectivity index (χ2n) is 7.73. The SMILES string of the molecule is NC(=O)c1ccc(CN(C(=O)CN2C(=O)C3CC=CCC3C2=O)C2CC2)cc1. The van der Waals surface area contributed by atoms with E-state index in [1.807, 2.05) is 12.2 Å². The van der Waals surface area contributed by atoms with E-state index < -0.39 is 5.91 Å². The highest BCUT2D eigenvalue weighted by atomic mass is 16.2. The predicted molar refractivity (Wildman–Crippen MR) is 101 cm³/mol. The van der Waals surface area contributed by atoms with Crippen LogP contribution in [0.1, 0.15) is 41.6 Å². The number of fused-ring (bicyclic) bond motifs is 1. The van der Waals surface area contributed by atoms with Gasteiger partial charge in [0.05, 0.1) is 11.8 Å². The number of likely N-dealkylation sites (tertiary alicyclic amines) is 1. The van der Waals surface area contributed by atoms with Gasteiger partial charge in [0.2, 0.25) is 23.6 Å². The summed E-state index contributed by atoms with van der Waals surface area (Å²) in [4.78, 5) is 52.3. The van der Waals surface area contributed by atoms with Crippen LogP contribution in [0.5, 0.6) is 0 Å². The predicted octanol–water partition coefficient (Wildman–Crippen LogP) is 1.23. The summed E-state index contributed by atoms with van der Waals surface area (Å²) in [6.07, 6.45) is 6.84. The number of benzene rings is 1. The third-order valence-electron chi connectivity index (χ3n) is 5.79. The van der Waals surface area contributed by atoms with Gasteiger partial charge >= 0.3 is 0 Å². The molecule has 0 radical (unpaired) electrons. The van der Waals surface area contributed by atoms with Gasteiger partial charge in [0.1, 0.15) is 6.54 Å². The van der Waals surface area contributed by atoms with E-state index in [9.17, 15) is 19.2 Å². The van der Waals surface area contributed by atoms with Crippen LogP contribution in [0.15, 0.2) is 36.4 Å². The first kappa shape index (κ1) is 18.4. The largest absolute Gasteiger partial charge is 0.366 e. The van der Waals surface area contributed by atoms with E-state index >= 15 is 0 Å². The van der Waals surface area contributed by atoms with Gasteiger partial charge in [-0.1, -0.05) is 24.3 Å². The van der Waals surface area contributed by atoms with Crippen molar-refractivity contribution in [3.05, 3.63) is 47.5 Å². The van der Waals surface area contributed by atoms with E-state index in [-0.39, 0.29) is 42.1 Å². The van der Waals surface area contributed by atoms with Gasteiger partial charge in [0.15, 0.2) is 0 Å². The fourth-order valence-electron chi connectivity index (χ4n) is 4.03. The molecule has 1 aromatic carbocycles. The van der Waals surface area contributed by atoms with Crippen LogP contribution in [0, 0.1) is 11.8 Å². The summed E-state index contributed by atoms with van der Waals surface area (Å²) in [5.41, 5.74) is 6.55. The van der Waals surface area contributed by atoms with E-state index in [0.717, 1.165) is 23.3 Å². The number of allylic oxidation sites excluding steroid dienone is 2. The molecule has 1 heterocycles. The lowest BCUT2D eigenvalue weighted by atomic mass is 9.85. The van der Waals surface area contributed by atoms with E-state index in [2.05, 4.69) is 0 Å². The fourth-order valence-corrected chi connectivity index (χ4v) is 4.03. The van der Waals surface area contributed by atoms with Crippen molar-refractivity contribution in [1.29, 1.82) is 0 Å². The molecular formula is C21H23N3O4. The second-order valence-corrected chi connectivity index (χ2v) is 7.73. The normalized spacial score (nSPS) is 23.6. The van der Waals surface area contributed by atoms with Gasteiger partial charge in [-0.15, -0.1) is 0 Å². The Bertz CT molecular complexity index is 831. The van der Waals surface area contributed by atoms with E-state index in [0.29, 0.717) is 24.9 Å². The smallest absolute Gasteiger partial charge is 0.248 e. The molecule has 0 bridgehead atoms. The summed E-state index contributed by atoms with van der Waals surface area (Å²) in [6, 6.07) is 6.96. The minimum Gasteiger partial charge on any atom is -0.366 e. The molecule has 3 aliphatic rings. The number of primary amides is 1. The molecule has 1 aromatic rings. The van der Waals surface area contributed by atoms with Gasteiger partial charge in [-0.05, 0) is 43.4 Å². The van der Waals surface area contributed by atoms with Gasteiger partial charge in [-0.3, -0.25) is 24.1 Å². The van der Waals surface area contributed by atoms with Crippen LogP contribution in [-0.2, 0) is 20.9 Å². The third kappa shape index (κ3) is 3.44. The first-order chi connectivity index (χ1) is 13.5. The summed E-state index contributed by atoms with van der Waals surface area (Å²) < 4.78 is 0. The molecule has 1 saturated heterocycles. The third-order valence-corrected chi connectivity index (χ3v) is 5.79. The topological polar surface area (TPSA) is 101 Å². The van der Waals surface area contributed by atoms with Crippen LogP contribution in [0.3, 0.4) is 0 Å². The number of hydrogen-bond donors (Lipinski definition) is 1. The maximum Gasteiger partial charge on any atom is 0.248 e. The molecule has 1 aliphatic heterocycles. The van der Waals surface area contributed by atoms with Crippen molar-refractivity contribution < 1.29 is 19.2 Å². The summed E-state index contributed by atoms with van der Waals surface area (Å²) in [5, 5.41) is 0. The van der Waals surface area contributed by atoms with Crippen molar-refractivity contribution in [2.24, 2.45) is 17.6 Å². The summed E-state index contributed by atoms with van der Waals surface area (Å²) >= 11 is 0. The average Bonchev–Trinajstić information content (AvgIpc) is 3.51. The molecule has 2 N–H and O–H groups in total. The Morgan fingerprint density at radius 1 is 1.00 bits per heavy atom. The number of rotatable bonds is 6. The average molecular weight is 381 g/mol. The number of imide groups is 1. The number of nitrogens with two attached hydrogens (primary N) is 1. The van der Waals surface area contributed by atoms with Crippen molar-refractivity contribution in [1.82, 2.24) is 9.80 Å². The second kappa shape index (κ2) is 7.22. The maximum atomic E-state index is 12.9. The van der Waals surface area contributed by atoms with Crippen molar-refractivity contribution in [2.75, 3.05) is 6.54 Å². The van der Waals surface area contributed by atoms with Crippen LogP contribution in [-0.4, -0.2) is 46.0 Å². The number of carbonyl (C=O) groups excluding carboxylic acids is 4. The molecule has 1 saturated carbocycles. The Kier molecular flexibility index (Phi) is 4.75. The van der Waals surface area contributed by atoms with Gasteiger partial charge in [0, 0.05) is 18.2 Å². The molecule has 2 unspecified atom stereocenters. The molecule has 7 nitrogen and oxygen atoms in total. The quantitative estimate of drug-likeness (QED) is 0.591. The Morgan fingerprint density at radius 2 is 1.57 bits per heavy atom. The minimum absolute atomic E-state index is 0.139. The molecule has 2 atom stereocenters. The molecular weight excluding hydrogens is 358 g/mol. The van der Waals surface area contributed by atoms with Gasteiger partial charge in [0.25, 0.3) is 0 Å². The van der Waals surface area contributed by atoms with Gasteiger partial charge < -0.3 is 10.6 Å². The van der Waals surface area contributed by atoms with E-state index in [4.69, 9.17) is 5.73 Å². The first-order valence-corrected chi connectivity index (χ1v) is 9.64. The van der Waals surface area contributed by atoms with Crippen LogP contribution < -0.4 is 5.73 Å². The summed E-state index contributed by atoms with van der Waals surface area (Å²) in [6.45, 7) is 0.188. The lowest BCUT2D eigenvalue weighted by Gasteiger charge is -2.25. The number of amides is 4. The molecule has 4 rings (SSSR count). The molecule has 4 amide bonds. The number of carbonyl (C=O) groups is 4. The monoisotopic (exact) mass is 381 g/mol. The zero-order valence-electron chi connectivity index (χ0n) is 15.5. The molecule has 7 heteroatoms. The van der Waals surface area contributed by atoms with Crippen LogP contribution in [0.25, 0.3) is 0 Å². The lowest BCUT2D eigenvalue weighted by Crippen LogP contribution is -2.43. The van der Waals surface area contributed by atoms with E-state index in [1.54, 1.807) is 29.2 Å². The Labute approximate surface area is 163 Å². The van der Waals surface area contributed by atoms with Crippen molar-refractivity contribution in [2.45, 2.75) is 38.3 Å². The lowest BCUT2D eigenvalue weighted by molar-refractivity contribution is -0.147. The van der Waals surface area contributed by atoms with Crippen molar-refractivity contribution in [3.63, 3.8) is 0 Å². The first-order valence-electron chi connectivity index (χ1n) is 9.64. The maximum absolute atomic E-state index is 12.9. The summed E-state index contributed by atoms with van der Waals surface area (Å²) in [7, 11) is 0. The molecule has 0 spiro atoms. The molecule has 0 aromatic heterocycles.